The fraction of sp³-hybridized carbons (Fsp3) is 0.467. The van der Waals surface area contributed by atoms with Crippen LogP contribution in [0.1, 0.15) is 42.6 Å². The number of ether oxygens (including phenoxy) is 2. The van der Waals surface area contributed by atoms with Crippen LogP contribution in [-0.4, -0.2) is 30.6 Å². The maximum atomic E-state index is 11.1. The normalized spacial score (nSPS) is 14.5. The monoisotopic (exact) mass is 278 g/mol. The summed E-state index contributed by atoms with van der Waals surface area (Å²) in [6, 6.07) is 3.40. The smallest absolute Gasteiger partial charge is 0.304 e. The number of carboxylic acid groups (broad SMARTS) is 1. The molecule has 0 bridgehead atoms. The molecule has 0 fully saturated rings. The molecule has 0 saturated carbocycles. The average molecular weight is 278 g/mol. The summed E-state index contributed by atoms with van der Waals surface area (Å²) in [7, 11) is 0. The number of hydrogen-bond acceptors (Lipinski definition) is 4. The molecule has 2 rings (SSSR count). The van der Waals surface area contributed by atoms with Crippen LogP contribution in [0.5, 0.6) is 11.5 Å². The number of aliphatic carboxylic acids is 1. The van der Waals surface area contributed by atoms with Crippen LogP contribution in [0.25, 0.3) is 0 Å². The molecule has 0 radical (unpaired) electrons. The molecule has 1 aliphatic rings. The molecule has 5 nitrogen and oxygen atoms in total. The summed E-state index contributed by atoms with van der Waals surface area (Å²) < 4.78 is 11.3. The highest BCUT2D eigenvalue weighted by Gasteiger charge is 2.31. The van der Waals surface area contributed by atoms with E-state index >= 15 is 0 Å². The van der Waals surface area contributed by atoms with Crippen LogP contribution in [0.2, 0.25) is 0 Å². The number of rotatable bonds is 4. The van der Waals surface area contributed by atoms with Gasteiger partial charge in [0.2, 0.25) is 0 Å². The van der Waals surface area contributed by atoms with E-state index in [0.29, 0.717) is 30.3 Å². The van der Waals surface area contributed by atoms with E-state index in [-0.39, 0.29) is 6.42 Å². The topological polar surface area (TPSA) is 72.8 Å². The third-order valence-corrected chi connectivity index (χ3v) is 3.37. The molecule has 0 spiro atoms. The first kappa shape index (κ1) is 14.4. The number of hydrogen-bond donors (Lipinski definition) is 1. The molecule has 0 aliphatic carbocycles. The molecule has 0 atom stereocenters. The number of fused-ring (bicyclic) bond motifs is 1. The number of carbonyl (C=O) groups is 2. The second kappa shape index (κ2) is 5.53. The van der Waals surface area contributed by atoms with Gasteiger partial charge in [0.15, 0.2) is 17.8 Å². The zero-order valence-electron chi connectivity index (χ0n) is 11.6. The van der Waals surface area contributed by atoms with Crippen molar-refractivity contribution in [2.24, 2.45) is 0 Å². The van der Waals surface area contributed by atoms with Gasteiger partial charge in [-0.15, -0.1) is 0 Å². The molecule has 1 heterocycles. The quantitative estimate of drug-likeness (QED) is 0.856. The highest BCUT2D eigenvalue weighted by Crippen LogP contribution is 2.43. The van der Waals surface area contributed by atoms with E-state index in [4.69, 9.17) is 14.6 Å². The van der Waals surface area contributed by atoms with Crippen molar-refractivity contribution in [1.29, 1.82) is 0 Å². The van der Waals surface area contributed by atoms with E-state index in [9.17, 15) is 9.59 Å². The van der Waals surface area contributed by atoms with E-state index in [1.807, 2.05) is 13.8 Å². The van der Waals surface area contributed by atoms with Crippen LogP contribution in [0.15, 0.2) is 12.1 Å². The van der Waals surface area contributed by atoms with Gasteiger partial charge in [-0.1, -0.05) is 19.9 Å². The summed E-state index contributed by atoms with van der Waals surface area (Å²) in [6.45, 7) is 4.65. The molecule has 20 heavy (non-hydrogen) atoms. The molecular weight excluding hydrogens is 260 g/mol. The van der Waals surface area contributed by atoms with E-state index in [2.05, 4.69) is 0 Å². The largest absolute Gasteiger partial charge is 0.489 e. The summed E-state index contributed by atoms with van der Waals surface area (Å²) in [4.78, 5) is 22.1. The third kappa shape index (κ3) is 2.76. The molecule has 0 saturated heterocycles. The Morgan fingerprint density at radius 2 is 1.95 bits per heavy atom. The van der Waals surface area contributed by atoms with Gasteiger partial charge < -0.3 is 14.6 Å². The Kier molecular flexibility index (Phi) is 3.97. The van der Waals surface area contributed by atoms with E-state index in [1.165, 1.54) is 0 Å². The lowest BCUT2D eigenvalue weighted by atomic mass is 9.80. The Morgan fingerprint density at radius 3 is 2.55 bits per heavy atom. The van der Waals surface area contributed by atoms with E-state index < -0.39 is 11.4 Å². The van der Waals surface area contributed by atoms with E-state index in [0.717, 1.165) is 18.3 Å². The van der Waals surface area contributed by atoms with Crippen molar-refractivity contribution in [3.63, 3.8) is 0 Å². The van der Waals surface area contributed by atoms with Gasteiger partial charge in [-0.25, -0.2) is 0 Å². The summed E-state index contributed by atoms with van der Waals surface area (Å²) in [5.41, 5.74) is 0.574. The maximum absolute atomic E-state index is 11.1. The number of aldehydes is 1. The van der Waals surface area contributed by atoms with Crippen molar-refractivity contribution in [2.45, 2.75) is 32.1 Å². The first-order chi connectivity index (χ1) is 9.45. The summed E-state index contributed by atoms with van der Waals surface area (Å²) in [5, 5.41) is 9.04. The van der Waals surface area contributed by atoms with Gasteiger partial charge in [0.05, 0.1) is 25.2 Å². The summed E-state index contributed by atoms with van der Waals surface area (Å²) in [6.07, 6.45) is 1.43. The minimum Gasteiger partial charge on any atom is -0.489 e. The van der Waals surface area contributed by atoms with Crippen LogP contribution in [-0.2, 0) is 10.2 Å². The summed E-state index contributed by atoms with van der Waals surface area (Å²) in [5.74, 6) is 0.0459. The van der Waals surface area contributed by atoms with Crippen LogP contribution in [0.3, 0.4) is 0 Å². The zero-order valence-corrected chi connectivity index (χ0v) is 11.6. The van der Waals surface area contributed by atoms with Crippen molar-refractivity contribution in [3.8, 4) is 11.5 Å². The Bertz CT molecular complexity index is 533. The lowest BCUT2D eigenvalue weighted by molar-refractivity contribution is -0.138. The van der Waals surface area contributed by atoms with Crippen molar-refractivity contribution >= 4 is 12.3 Å². The Labute approximate surface area is 117 Å². The van der Waals surface area contributed by atoms with Crippen molar-refractivity contribution < 1.29 is 24.2 Å². The first-order valence-electron chi connectivity index (χ1n) is 6.56. The zero-order chi connectivity index (χ0) is 14.8. The molecular formula is C15H18O5. The SMILES string of the molecule is CC(C)(CC(=O)O)c1ccc(C=O)c2c1OCCCO2. The molecule has 1 N–H and O–H groups in total. The minimum absolute atomic E-state index is 0.0246. The van der Waals surface area contributed by atoms with Crippen LogP contribution in [0, 0.1) is 0 Å². The minimum atomic E-state index is -0.877. The molecule has 0 aromatic heterocycles. The molecule has 1 aromatic rings. The molecule has 0 amide bonds. The highest BCUT2D eigenvalue weighted by molar-refractivity contribution is 5.82. The van der Waals surface area contributed by atoms with Crippen molar-refractivity contribution in [2.75, 3.05) is 13.2 Å². The van der Waals surface area contributed by atoms with Crippen LogP contribution in [0.4, 0.5) is 0 Å². The van der Waals surface area contributed by atoms with Crippen LogP contribution >= 0.6 is 0 Å². The molecule has 0 unspecified atom stereocenters. The first-order valence-corrected chi connectivity index (χ1v) is 6.56. The molecule has 5 heteroatoms. The third-order valence-electron chi connectivity index (χ3n) is 3.37. The second-order valence-corrected chi connectivity index (χ2v) is 5.48. The number of benzene rings is 1. The predicted octanol–water partition coefficient (Wildman–Crippen LogP) is 2.41. The molecule has 1 aliphatic heterocycles. The predicted molar refractivity (Wildman–Crippen MR) is 72.7 cm³/mol. The highest BCUT2D eigenvalue weighted by atomic mass is 16.5. The van der Waals surface area contributed by atoms with Gasteiger partial charge in [0.25, 0.3) is 0 Å². The average Bonchev–Trinajstić information content (AvgIpc) is 2.61. The Morgan fingerprint density at radius 1 is 1.30 bits per heavy atom. The molecule has 1 aromatic carbocycles. The van der Waals surface area contributed by atoms with Gasteiger partial charge in [0, 0.05) is 17.4 Å². The lowest BCUT2D eigenvalue weighted by Crippen LogP contribution is -2.23. The van der Waals surface area contributed by atoms with Gasteiger partial charge >= 0.3 is 5.97 Å². The summed E-state index contributed by atoms with van der Waals surface area (Å²) >= 11 is 0. The van der Waals surface area contributed by atoms with Gasteiger partial charge in [-0.3, -0.25) is 9.59 Å². The fourth-order valence-electron chi connectivity index (χ4n) is 2.38. The van der Waals surface area contributed by atoms with Gasteiger partial charge in [-0.05, 0) is 6.07 Å². The van der Waals surface area contributed by atoms with Crippen LogP contribution < -0.4 is 9.47 Å². The Balaban J connectivity index is 2.54. The standard InChI is InChI=1S/C15H18O5/c1-15(2,8-12(17)18)11-5-4-10(9-16)13-14(11)20-7-3-6-19-13/h4-5,9H,3,6-8H2,1-2H3,(H,17,18). The van der Waals surface area contributed by atoms with Gasteiger partial charge in [0.1, 0.15) is 0 Å². The number of carboxylic acids is 1. The van der Waals surface area contributed by atoms with Crippen molar-refractivity contribution in [1.82, 2.24) is 0 Å². The molecule has 108 valence electrons. The maximum Gasteiger partial charge on any atom is 0.304 e. The number of carbonyl (C=O) groups excluding carboxylic acids is 1. The Hall–Kier alpha value is -2.04. The van der Waals surface area contributed by atoms with Gasteiger partial charge in [-0.2, -0.15) is 0 Å². The second-order valence-electron chi connectivity index (χ2n) is 5.48. The van der Waals surface area contributed by atoms with E-state index in [1.54, 1.807) is 12.1 Å². The fourth-order valence-corrected chi connectivity index (χ4v) is 2.38. The lowest BCUT2D eigenvalue weighted by Gasteiger charge is -2.26. The van der Waals surface area contributed by atoms with Crippen molar-refractivity contribution in [3.05, 3.63) is 23.3 Å².